The van der Waals surface area contributed by atoms with Gasteiger partial charge in [-0.1, -0.05) is 36.4 Å². The molecule has 112 valence electrons. The summed E-state index contributed by atoms with van der Waals surface area (Å²) in [6.07, 6.45) is 3.39. The molecule has 1 heterocycles. The fourth-order valence-electron chi connectivity index (χ4n) is 2.10. The van der Waals surface area contributed by atoms with E-state index < -0.39 is 24.0 Å². The molecule has 0 unspecified atom stereocenters. The van der Waals surface area contributed by atoms with Gasteiger partial charge in [-0.15, -0.1) is 0 Å². The zero-order valence-corrected chi connectivity index (χ0v) is 13.3. The lowest BCUT2D eigenvalue weighted by atomic mass is 9.87. The van der Waals surface area contributed by atoms with E-state index in [0.29, 0.717) is 0 Å². The van der Waals surface area contributed by atoms with E-state index in [4.69, 9.17) is 9.31 Å². The van der Waals surface area contributed by atoms with Crippen molar-refractivity contribution < 1.29 is 13.7 Å². The van der Waals surface area contributed by atoms with Crippen LogP contribution in [0.2, 0.25) is 0 Å². The van der Waals surface area contributed by atoms with E-state index in [9.17, 15) is 4.39 Å². The van der Waals surface area contributed by atoms with Gasteiger partial charge in [0.2, 0.25) is 0 Å². The number of benzene rings is 1. The molecule has 2 nitrogen and oxygen atoms in total. The highest BCUT2D eigenvalue weighted by molar-refractivity contribution is 6.53. The Morgan fingerprint density at radius 1 is 1.05 bits per heavy atom. The van der Waals surface area contributed by atoms with E-state index >= 15 is 0 Å². The molecule has 0 amide bonds. The summed E-state index contributed by atoms with van der Waals surface area (Å²) in [5.74, 6) is 0. The maximum absolute atomic E-state index is 14.3. The van der Waals surface area contributed by atoms with Crippen LogP contribution in [0.25, 0.3) is 6.08 Å². The second-order valence-electron chi connectivity index (χ2n) is 6.42. The highest BCUT2D eigenvalue weighted by atomic mass is 19.1. The van der Waals surface area contributed by atoms with Gasteiger partial charge in [-0.2, -0.15) is 0 Å². The van der Waals surface area contributed by atoms with Crippen LogP contribution in [0.5, 0.6) is 0 Å². The maximum Gasteiger partial charge on any atom is 0.525 e. The van der Waals surface area contributed by atoms with Crippen molar-refractivity contribution in [3.8, 4) is 0 Å². The molecule has 0 bridgehead atoms. The molecule has 1 aliphatic heterocycles. The summed E-state index contributed by atoms with van der Waals surface area (Å²) >= 11 is 0. The van der Waals surface area contributed by atoms with Crippen LogP contribution in [0.1, 0.15) is 40.2 Å². The second kappa shape index (κ2) is 5.78. The molecule has 21 heavy (non-hydrogen) atoms. The summed E-state index contributed by atoms with van der Waals surface area (Å²) in [5.41, 5.74) is 0.388. The Morgan fingerprint density at radius 3 is 2.10 bits per heavy atom. The molecule has 4 heteroatoms. The lowest BCUT2D eigenvalue weighted by molar-refractivity contribution is 0.00578. The molecule has 0 radical (unpaired) electrons. The summed E-state index contributed by atoms with van der Waals surface area (Å²) in [5, 5.41) is 0. The van der Waals surface area contributed by atoms with Gasteiger partial charge < -0.3 is 9.31 Å². The van der Waals surface area contributed by atoms with Gasteiger partial charge in [0.05, 0.1) is 11.2 Å². The fraction of sp³-hybridized carbons (Fsp3) is 0.412. The predicted octanol–water partition coefficient (Wildman–Crippen LogP) is 4.57. The SMILES string of the molecule is CC(=Cc1ccccc1)C=C(F)B1OC(C)(C)C(C)(C)O1. The number of allylic oxidation sites excluding steroid dienone is 2. The second-order valence-corrected chi connectivity index (χ2v) is 6.42. The van der Waals surface area contributed by atoms with Gasteiger partial charge >= 0.3 is 7.12 Å². The largest absolute Gasteiger partial charge is 0.525 e. The number of rotatable bonds is 3. The topological polar surface area (TPSA) is 18.5 Å². The zero-order chi connectivity index (χ0) is 15.7. The normalized spacial score (nSPS) is 21.7. The van der Waals surface area contributed by atoms with Crippen LogP contribution in [0, 0.1) is 0 Å². The maximum atomic E-state index is 14.3. The molecule has 1 saturated heterocycles. The average molecular weight is 288 g/mol. The first-order valence-corrected chi connectivity index (χ1v) is 7.17. The summed E-state index contributed by atoms with van der Waals surface area (Å²) in [6.45, 7) is 9.50. The first-order chi connectivity index (χ1) is 9.71. The molecule has 2 rings (SSSR count). The van der Waals surface area contributed by atoms with Crippen molar-refractivity contribution >= 4 is 13.2 Å². The molecule has 0 aliphatic carbocycles. The fourth-order valence-corrected chi connectivity index (χ4v) is 2.10. The minimum Gasteiger partial charge on any atom is -0.398 e. The third-order valence-corrected chi connectivity index (χ3v) is 4.04. The van der Waals surface area contributed by atoms with E-state index in [0.717, 1.165) is 11.1 Å². The van der Waals surface area contributed by atoms with Crippen molar-refractivity contribution in [3.05, 3.63) is 53.3 Å². The van der Waals surface area contributed by atoms with Crippen LogP contribution in [0.4, 0.5) is 4.39 Å². The number of halogens is 1. The van der Waals surface area contributed by atoms with Crippen molar-refractivity contribution in [1.82, 2.24) is 0 Å². The molecule has 0 spiro atoms. The first-order valence-electron chi connectivity index (χ1n) is 7.17. The summed E-state index contributed by atoms with van der Waals surface area (Å²) in [6, 6.07) is 9.81. The smallest absolute Gasteiger partial charge is 0.398 e. The lowest BCUT2D eigenvalue weighted by Crippen LogP contribution is -2.41. The molecular weight excluding hydrogens is 266 g/mol. The first kappa shape index (κ1) is 16.0. The van der Waals surface area contributed by atoms with Gasteiger partial charge in [-0.05, 0) is 51.8 Å². The Morgan fingerprint density at radius 2 is 1.57 bits per heavy atom. The molecule has 1 aromatic carbocycles. The van der Waals surface area contributed by atoms with E-state index in [2.05, 4.69) is 0 Å². The van der Waals surface area contributed by atoms with E-state index in [1.54, 1.807) is 0 Å². The molecular formula is C17H22BFO2. The standard InChI is InChI=1S/C17H22BFO2/c1-13(11-14-9-7-6-8-10-14)12-15(19)18-20-16(2,3)17(4,5)21-18/h6-12H,1-5H3. The van der Waals surface area contributed by atoms with Gasteiger partial charge in [0.1, 0.15) is 5.73 Å². The highest BCUT2D eigenvalue weighted by Gasteiger charge is 2.52. The van der Waals surface area contributed by atoms with E-state index in [-0.39, 0.29) is 0 Å². The summed E-state index contributed by atoms with van der Waals surface area (Å²) < 4.78 is 25.7. The molecule has 1 fully saturated rings. The van der Waals surface area contributed by atoms with Crippen LogP contribution >= 0.6 is 0 Å². The van der Waals surface area contributed by atoms with Gasteiger partial charge in [0.15, 0.2) is 0 Å². The van der Waals surface area contributed by atoms with E-state index in [1.807, 2.05) is 71.0 Å². The van der Waals surface area contributed by atoms with E-state index in [1.165, 1.54) is 6.08 Å². The summed E-state index contributed by atoms with van der Waals surface area (Å²) in [7, 11) is -0.936. The van der Waals surface area contributed by atoms with Gasteiger partial charge in [0.25, 0.3) is 0 Å². The zero-order valence-electron chi connectivity index (χ0n) is 13.3. The lowest BCUT2D eigenvalue weighted by Gasteiger charge is -2.32. The van der Waals surface area contributed by atoms with Crippen LogP contribution in [0.15, 0.2) is 47.7 Å². The third-order valence-electron chi connectivity index (χ3n) is 4.04. The van der Waals surface area contributed by atoms with Crippen LogP contribution in [0.3, 0.4) is 0 Å². The van der Waals surface area contributed by atoms with Crippen LogP contribution in [-0.2, 0) is 9.31 Å². The highest BCUT2D eigenvalue weighted by Crippen LogP contribution is 2.38. The summed E-state index contributed by atoms with van der Waals surface area (Å²) in [4.78, 5) is 0. The molecule has 0 atom stereocenters. The van der Waals surface area contributed by atoms with Crippen LogP contribution in [-0.4, -0.2) is 18.3 Å². The Bertz CT molecular complexity index is 545. The molecule has 0 aromatic heterocycles. The quantitative estimate of drug-likeness (QED) is 0.599. The number of hydrogen-bond acceptors (Lipinski definition) is 2. The Labute approximate surface area is 126 Å². The minimum absolute atomic E-state index is 0.404. The van der Waals surface area contributed by atoms with Crippen LogP contribution < -0.4 is 0 Å². The predicted molar refractivity (Wildman–Crippen MR) is 85.4 cm³/mol. The Kier molecular flexibility index (Phi) is 4.40. The Balaban J connectivity index is 2.14. The molecule has 1 aromatic rings. The molecule has 1 aliphatic rings. The molecule has 0 N–H and O–H groups in total. The van der Waals surface area contributed by atoms with Crippen molar-refractivity contribution in [2.75, 3.05) is 0 Å². The Hall–Kier alpha value is -1.39. The molecule has 0 saturated carbocycles. The monoisotopic (exact) mass is 288 g/mol. The van der Waals surface area contributed by atoms with Gasteiger partial charge in [0, 0.05) is 0 Å². The van der Waals surface area contributed by atoms with Crippen molar-refractivity contribution in [2.45, 2.75) is 45.8 Å². The van der Waals surface area contributed by atoms with Gasteiger partial charge in [-0.25, -0.2) is 4.39 Å². The number of hydrogen-bond donors (Lipinski definition) is 0. The van der Waals surface area contributed by atoms with Crippen molar-refractivity contribution in [2.24, 2.45) is 0 Å². The van der Waals surface area contributed by atoms with Crippen molar-refractivity contribution in [1.29, 1.82) is 0 Å². The van der Waals surface area contributed by atoms with Crippen molar-refractivity contribution in [3.63, 3.8) is 0 Å². The average Bonchev–Trinajstić information content (AvgIpc) is 2.59. The van der Waals surface area contributed by atoms with Gasteiger partial charge in [-0.3, -0.25) is 0 Å². The third kappa shape index (κ3) is 3.63. The minimum atomic E-state index is -0.936.